The van der Waals surface area contributed by atoms with E-state index in [0.717, 1.165) is 12.8 Å². The van der Waals surface area contributed by atoms with E-state index in [1.165, 1.54) is 0 Å². The summed E-state index contributed by atoms with van der Waals surface area (Å²) in [6.07, 6.45) is 2.79. The van der Waals surface area contributed by atoms with E-state index in [0.29, 0.717) is 36.6 Å². The van der Waals surface area contributed by atoms with Crippen LogP contribution in [0.25, 0.3) is 0 Å². The Bertz CT molecular complexity index is 783. The van der Waals surface area contributed by atoms with Gasteiger partial charge in [-0.1, -0.05) is 24.1 Å². The number of benzene rings is 1. The molecule has 26 heavy (non-hydrogen) atoms. The first kappa shape index (κ1) is 17.3. The summed E-state index contributed by atoms with van der Waals surface area (Å²) in [5.41, 5.74) is -0.123. The average molecular weight is 377 g/mol. The summed E-state index contributed by atoms with van der Waals surface area (Å²) in [6, 6.07) is 7.03. The molecule has 3 aliphatic rings. The molecule has 2 heterocycles. The number of nitrogens with zero attached hydrogens (tertiary/aromatic N) is 2. The SMILES string of the molecule is O=C(C1CCN(c2cccc(Cl)c2)C1=O)N1C[C@@H]2CCC[C@@]2(C(=O)O)C1. The Morgan fingerprint density at radius 1 is 1.27 bits per heavy atom. The number of carbonyl (C=O) groups excluding carboxylic acids is 2. The number of aliphatic carboxylic acids is 1. The zero-order chi connectivity index (χ0) is 18.5. The van der Waals surface area contributed by atoms with Crippen LogP contribution in [-0.4, -0.2) is 47.4 Å². The van der Waals surface area contributed by atoms with Crippen molar-refractivity contribution in [3.8, 4) is 0 Å². The highest BCUT2D eigenvalue weighted by molar-refractivity contribution is 6.31. The smallest absolute Gasteiger partial charge is 0.311 e. The molecule has 6 nitrogen and oxygen atoms in total. The van der Waals surface area contributed by atoms with Gasteiger partial charge < -0.3 is 14.9 Å². The second kappa shape index (κ2) is 6.27. The molecule has 2 amide bonds. The van der Waals surface area contributed by atoms with Crippen molar-refractivity contribution in [2.24, 2.45) is 17.3 Å². The normalized spacial score (nSPS) is 30.7. The van der Waals surface area contributed by atoms with Crippen molar-refractivity contribution in [3.05, 3.63) is 29.3 Å². The van der Waals surface area contributed by atoms with Gasteiger partial charge >= 0.3 is 5.97 Å². The van der Waals surface area contributed by atoms with Gasteiger partial charge in [0.2, 0.25) is 11.8 Å². The van der Waals surface area contributed by atoms with Crippen LogP contribution in [0.1, 0.15) is 25.7 Å². The van der Waals surface area contributed by atoms with Crippen LogP contribution in [0.4, 0.5) is 5.69 Å². The lowest BCUT2D eigenvalue weighted by atomic mass is 9.81. The third-order valence-electron chi connectivity index (χ3n) is 6.23. The van der Waals surface area contributed by atoms with Gasteiger partial charge in [0.15, 0.2) is 0 Å². The van der Waals surface area contributed by atoms with Crippen LogP contribution in [0.5, 0.6) is 0 Å². The molecule has 1 unspecified atom stereocenters. The van der Waals surface area contributed by atoms with Gasteiger partial charge in [-0.3, -0.25) is 14.4 Å². The van der Waals surface area contributed by atoms with Crippen molar-refractivity contribution in [2.75, 3.05) is 24.5 Å². The Balaban J connectivity index is 1.50. The number of fused-ring (bicyclic) bond motifs is 1. The Kier molecular flexibility index (Phi) is 4.18. The van der Waals surface area contributed by atoms with Crippen LogP contribution in [0, 0.1) is 17.3 Å². The molecule has 1 aromatic rings. The summed E-state index contributed by atoms with van der Waals surface area (Å²) in [4.78, 5) is 40.8. The zero-order valence-corrected chi connectivity index (χ0v) is 15.1. The van der Waals surface area contributed by atoms with E-state index in [4.69, 9.17) is 11.6 Å². The van der Waals surface area contributed by atoms with Crippen molar-refractivity contribution >= 4 is 35.1 Å². The topological polar surface area (TPSA) is 77.9 Å². The van der Waals surface area contributed by atoms with Crippen molar-refractivity contribution in [2.45, 2.75) is 25.7 Å². The molecule has 138 valence electrons. The van der Waals surface area contributed by atoms with Crippen molar-refractivity contribution in [3.63, 3.8) is 0 Å². The summed E-state index contributed by atoms with van der Waals surface area (Å²) >= 11 is 6.00. The minimum atomic E-state index is -0.816. The lowest BCUT2D eigenvalue weighted by Gasteiger charge is -2.24. The van der Waals surface area contributed by atoms with Gasteiger partial charge in [-0.25, -0.2) is 0 Å². The van der Waals surface area contributed by atoms with Crippen molar-refractivity contribution < 1.29 is 19.5 Å². The largest absolute Gasteiger partial charge is 0.481 e. The van der Waals surface area contributed by atoms with E-state index in [2.05, 4.69) is 0 Å². The minimum absolute atomic E-state index is 0.00416. The molecular formula is C19H21ClN2O4. The highest BCUT2D eigenvalue weighted by Gasteiger charge is 2.57. The van der Waals surface area contributed by atoms with Gasteiger partial charge in [-0.15, -0.1) is 0 Å². The van der Waals surface area contributed by atoms with Crippen LogP contribution < -0.4 is 4.90 Å². The lowest BCUT2D eigenvalue weighted by molar-refractivity contribution is -0.149. The molecule has 0 bridgehead atoms. The third kappa shape index (κ3) is 2.58. The van der Waals surface area contributed by atoms with Gasteiger partial charge in [0.1, 0.15) is 5.92 Å². The Morgan fingerprint density at radius 3 is 2.77 bits per heavy atom. The number of anilines is 1. The predicted octanol–water partition coefficient (Wildman–Crippen LogP) is 2.41. The first-order chi connectivity index (χ1) is 12.4. The highest BCUT2D eigenvalue weighted by Crippen LogP contribution is 2.49. The molecule has 1 saturated carbocycles. The number of hydrogen-bond donors (Lipinski definition) is 1. The monoisotopic (exact) mass is 376 g/mol. The van der Waals surface area contributed by atoms with E-state index in [9.17, 15) is 19.5 Å². The minimum Gasteiger partial charge on any atom is -0.481 e. The molecule has 2 aliphatic heterocycles. The average Bonchev–Trinajstić information content (AvgIpc) is 3.26. The summed E-state index contributed by atoms with van der Waals surface area (Å²) in [5.74, 6) is -1.98. The lowest BCUT2D eigenvalue weighted by Crippen LogP contribution is -2.41. The maximum atomic E-state index is 13.0. The van der Waals surface area contributed by atoms with E-state index in [1.807, 2.05) is 0 Å². The number of halogens is 1. The molecule has 0 spiro atoms. The van der Waals surface area contributed by atoms with Crippen LogP contribution in [0.15, 0.2) is 24.3 Å². The highest BCUT2D eigenvalue weighted by atomic mass is 35.5. The fourth-order valence-electron chi connectivity index (χ4n) is 4.84. The molecule has 1 N–H and O–H groups in total. The number of hydrogen-bond acceptors (Lipinski definition) is 3. The molecule has 3 atom stereocenters. The van der Waals surface area contributed by atoms with Crippen LogP contribution in [0.2, 0.25) is 5.02 Å². The van der Waals surface area contributed by atoms with Gasteiger partial charge in [-0.2, -0.15) is 0 Å². The molecule has 4 rings (SSSR count). The summed E-state index contributed by atoms with van der Waals surface area (Å²) in [7, 11) is 0. The number of rotatable bonds is 3. The fraction of sp³-hybridized carbons (Fsp3) is 0.526. The number of amides is 2. The van der Waals surface area contributed by atoms with Gasteiger partial charge in [0, 0.05) is 30.3 Å². The standard InChI is InChI=1S/C19H21ClN2O4/c20-13-4-1-5-14(9-13)22-8-6-15(17(22)24)16(23)21-10-12-3-2-7-19(12,11-21)18(25)26/h1,4-5,9,12,15H,2-3,6-8,10-11H2,(H,25,26)/t12-,15?,19+/m0/s1. The molecular weight excluding hydrogens is 356 g/mol. The fourth-order valence-corrected chi connectivity index (χ4v) is 5.02. The van der Waals surface area contributed by atoms with Crippen molar-refractivity contribution in [1.29, 1.82) is 0 Å². The Hall–Kier alpha value is -2.08. The molecule has 1 aliphatic carbocycles. The molecule has 7 heteroatoms. The Morgan fingerprint density at radius 2 is 2.08 bits per heavy atom. The van der Waals surface area contributed by atoms with Crippen LogP contribution in [0.3, 0.4) is 0 Å². The number of likely N-dealkylation sites (tertiary alicyclic amines) is 1. The van der Waals surface area contributed by atoms with E-state index < -0.39 is 17.3 Å². The maximum Gasteiger partial charge on any atom is 0.311 e. The second-order valence-electron chi connectivity index (χ2n) is 7.58. The molecule has 1 aromatic carbocycles. The zero-order valence-electron chi connectivity index (χ0n) is 14.4. The number of carboxylic acid groups (broad SMARTS) is 1. The van der Waals surface area contributed by atoms with E-state index in [1.54, 1.807) is 34.1 Å². The van der Waals surface area contributed by atoms with Gasteiger partial charge in [0.05, 0.1) is 5.41 Å². The van der Waals surface area contributed by atoms with Crippen molar-refractivity contribution in [1.82, 2.24) is 4.90 Å². The van der Waals surface area contributed by atoms with Gasteiger partial charge in [-0.05, 0) is 43.4 Å². The third-order valence-corrected chi connectivity index (χ3v) is 6.47. The van der Waals surface area contributed by atoms with E-state index >= 15 is 0 Å². The Labute approximate surface area is 156 Å². The number of carbonyl (C=O) groups is 3. The molecule has 3 fully saturated rings. The summed E-state index contributed by atoms with van der Waals surface area (Å²) < 4.78 is 0. The van der Waals surface area contributed by atoms with Gasteiger partial charge in [0.25, 0.3) is 0 Å². The maximum absolute atomic E-state index is 13.0. The summed E-state index contributed by atoms with van der Waals surface area (Å²) in [5, 5.41) is 10.2. The predicted molar refractivity (Wildman–Crippen MR) is 95.9 cm³/mol. The quantitative estimate of drug-likeness (QED) is 0.822. The second-order valence-corrected chi connectivity index (χ2v) is 8.02. The van der Waals surface area contributed by atoms with Crippen LogP contribution in [-0.2, 0) is 14.4 Å². The van der Waals surface area contributed by atoms with E-state index in [-0.39, 0.29) is 24.3 Å². The summed E-state index contributed by atoms with van der Waals surface area (Å²) in [6.45, 7) is 1.15. The van der Waals surface area contributed by atoms with Crippen LogP contribution >= 0.6 is 11.6 Å². The molecule has 2 saturated heterocycles. The molecule has 0 radical (unpaired) electrons. The number of carboxylic acids is 1. The first-order valence-corrected chi connectivity index (χ1v) is 9.39. The molecule has 0 aromatic heterocycles. The first-order valence-electron chi connectivity index (χ1n) is 9.01.